The maximum Gasteiger partial charge on any atom is 0.238 e. The van der Waals surface area contributed by atoms with Crippen molar-refractivity contribution in [1.82, 2.24) is 0 Å². The first kappa shape index (κ1) is 20.6. The number of anilines is 1. The van der Waals surface area contributed by atoms with Gasteiger partial charge in [-0.2, -0.15) is 0 Å². The van der Waals surface area contributed by atoms with E-state index in [9.17, 15) is 9.59 Å². The van der Waals surface area contributed by atoms with E-state index in [1.807, 2.05) is 62.4 Å². The van der Waals surface area contributed by atoms with Gasteiger partial charge >= 0.3 is 0 Å². The van der Waals surface area contributed by atoms with Gasteiger partial charge in [0.15, 0.2) is 5.79 Å². The number of para-hydroxylation sites is 1. The molecule has 0 radical (unpaired) electrons. The molecule has 0 N–H and O–H groups in total. The van der Waals surface area contributed by atoms with Gasteiger partial charge in [0, 0.05) is 11.8 Å². The molecule has 2 aromatic carbocycles. The highest BCUT2D eigenvalue weighted by Gasteiger charge is 2.66. The van der Waals surface area contributed by atoms with Crippen LogP contribution in [0, 0.1) is 17.8 Å². The van der Waals surface area contributed by atoms with Crippen LogP contribution in [0.4, 0.5) is 5.69 Å². The van der Waals surface area contributed by atoms with Gasteiger partial charge in [0.25, 0.3) is 0 Å². The van der Waals surface area contributed by atoms with Gasteiger partial charge in [0.1, 0.15) is 12.2 Å². The summed E-state index contributed by atoms with van der Waals surface area (Å²) in [5.74, 6) is -2.26. The molecule has 6 nitrogen and oxygen atoms in total. The molecule has 5 aliphatic rings. The average Bonchev–Trinajstić information content (AvgIpc) is 3.40. The Labute approximate surface area is 198 Å². The van der Waals surface area contributed by atoms with Gasteiger partial charge in [-0.05, 0) is 38.0 Å². The summed E-state index contributed by atoms with van der Waals surface area (Å²) in [5.41, 5.74) is 2.89. The maximum atomic E-state index is 14.0. The van der Waals surface area contributed by atoms with Crippen molar-refractivity contribution in [3.05, 3.63) is 77.9 Å². The number of carbonyl (C=O) groups excluding carboxylic acids is 2. The molecule has 174 valence electrons. The van der Waals surface area contributed by atoms with Crippen molar-refractivity contribution in [3.63, 3.8) is 0 Å². The number of ether oxygens (including phenoxy) is 3. The average molecular weight is 458 g/mol. The summed E-state index contributed by atoms with van der Waals surface area (Å²) in [4.78, 5) is 29.4. The standard InChI is InChI=1S/C28H27NO5/c1-28(2)33-23-19-14-16-13-18(15-9-5-3-6-10-15)21-22(20(16)24(32-19)25(23)34-28)27(31)29(26(21)30)17-11-7-4-8-12-17/h3-13,18-25H,14H2,1-2H3/t18-,19-,20-,21+,22-,23-,24+,25-/m0/s1. The Bertz CT molecular complexity index is 1190. The minimum atomic E-state index is -0.678. The van der Waals surface area contributed by atoms with Gasteiger partial charge < -0.3 is 14.2 Å². The Balaban J connectivity index is 1.36. The van der Waals surface area contributed by atoms with Crippen molar-refractivity contribution >= 4 is 17.5 Å². The Kier molecular flexibility index (Phi) is 4.30. The van der Waals surface area contributed by atoms with Crippen LogP contribution in [0.2, 0.25) is 0 Å². The van der Waals surface area contributed by atoms with E-state index in [0.29, 0.717) is 12.1 Å². The summed E-state index contributed by atoms with van der Waals surface area (Å²) < 4.78 is 18.9. The second-order valence-electron chi connectivity index (χ2n) is 10.5. The molecule has 8 atom stereocenters. The minimum absolute atomic E-state index is 0.0929. The molecule has 4 fully saturated rings. The van der Waals surface area contributed by atoms with Crippen LogP contribution in [0.25, 0.3) is 0 Å². The van der Waals surface area contributed by atoms with E-state index < -0.39 is 17.6 Å². The highest BCUT2D eigenvalue weighted by atomic mass is 16.8. The van der Waals surface area contributed by atoms with Gasteiger partial charge in [-0.25, -0.2) is 0 Å². The minimum Gasteiger partial charge on any atom is -0.368 e. The second-order valence-corrected chi connectivity index (χ2v) is 10.5. The number of nitrogens with zero attached hydrogens (tertiary/aromatic N) is 1. The maximum absolute atomic E-state index is 14.0. The quantitative estimate of drug-likeness (QED) is 0.507. The summed E-state index contributed by atoms with van der Waals surface area (Å²) >= 11 is 0. The van der Waals surface area contributed by atoms with Crippen LogP contribution in [0.1, 0.15) is 31.7 Å². The highest BCUT2D eigenvalue weighted by molar-refractivity contribution is 6.22. The molecule has 7 rings (SSSR count). The molecule has 2 aromatic rings. The highest BCUT2D eigenvalue weighted by Crippen LogP contribution is 2.58. The molecule has 0 aromatic heterocycles. The van der Waals surface area contributed by atoms with Crippen LogP contribution in [0.15, 0.2) is 72.3 Å². The number of allylic oxidation sites excluding steroid dienone is 1. The lowest BCUT2D eigenvalue weighted by atomic mass is 9.63. The number of fused-ring (bicyclic) bond motifs is 9. The van der Waals surface area contributed by atoms with E-state index >= 15 is 0 Å². The number of benzene rings is 2. The van der Waals surface area contributed by atoms with Crippen LogP contribution in [-0.4, -0.2) is 42.0 Å². The van der Waals surface area contributed by atoms with Crippen molar-refractivity contribution in [1.29, 1.82) is 0 Å². The molecule has 2 amide bonds. The predicted octanol–water partition coefficient (Wildman–Crippen LogP) is 3.82. The zero-order valence-electron chi connectivity index (χ0n) is 19.2. The van der Waals surface area contributed by atoms with Crippen molar-refractivity contribution in [2.75, 3.05) is 4.90 Å². The van der Waals surface area contributed by atoms with Crippen molar-refractivity contribution < 1.29 is 23.8 Å². The van der Waals surface area contributed by atoms with Gasteiger partial charge in [0.2, 0.25) is 11.8 Å². The fourth-order valence-corrected chi connectivity index (χ4v) is 6.97. The Morgan fingerprint density at radius 2 is 1.44 bits per heavy atom. The van der Waals surface area contributed by atoms with E-state index in [4.69, 9.17) is 14.2 Å². The summed E-state index contributed by atoms with van der Waals surface area (Å²) in [5, 5.41) is 0. The van der Waals surface area contributed by atoms with E-state index in [0.717, 1.165) is 5.56 Å². The van der Waals surface area contributed by atoms with Gasteiger partial charge in [-0.3, -0.25) is 14.5 Å². The summed E-state index contributed by atoms with van der Waals surface area (Å²) in [6.45, 7) is 3.85. The third kappa shape index (κ3) is 2.79. The molecule has 4 heterocycles. The summed E-state index contributed by atoms with van der Waals surface area (Å²) in [7, 11) is 0. The second kappa shape index (κ2) is 7.11. The number of amides is 2. The van der Waals surface area contributed by atoms with Crippen LogP contribution in [0.5, 0.6) is 0 Å². The number of hydrogen-bond donors (Lipinski definition) is 0. The zero-order chi connectivity index (χ0) is 23.2. The molecular weight excluding hydrogens is 430 g/mol. The SMILES string of the molecule is CC1(C)O[C@H]2[C@@H](O1)[C@@H]1CC3=C[C@@H](c4ccccc4)[C@H]4C(=O)N(c5ccccc5)C(=O)[C@H]4[C@H]3[C@H]2O1. The van der Waals surface area contributed by atoms with Crippen molar-refractivity contribution in [2.45, 2.75) is 56.4 Å². The van der Waals surface area contributed by atoms with E-state index in [1.165, 1.54) is 10.5 Å². The Morgan fingerprint density at radius 3 is 2.18 bits per heavy atom. The molecule has 34 heavy (non-hydrogen) atoms. The number of rotatable bonds is 2. The molecule has 4 saturated heterocycles. The van der Waals surface area contributed by atoms with Crippen LogP contribution < -0.4 is 4.90 Å². The first-order valence-electron chi connectivity index (χ1n) is 12.1. The van der Waals surface area contributed by atoms with E-state index in [2.05, 4.69) is 18.2 Å². The Morgan fingerprint density at radius 1 is 0.794 bits per heavy atom. The third-order valence-electron chi connectivity index (χ3n) is 8.17. The summed E-state index contributed by atoms with van der Waals surface area (Å²) in [6, 6.07) is 19.3. The normalized spacial score (nSPS) is 39.5. The van der Waals surface area contributed by atoms with Crippen molar-refractivity contribution in [3.8, 4) is 0 Å². The van der Waals surface area contributed by atoms with Crippen LogP contribution >= 0.6 is 0 Å². The first-order chi connectivity index (χ1) is 16.4. The predicted molar refractivity (Wildman–Crippen MR) is 124 cm³/mol. The van der Waals surface area contributed by atoms with E-state index in [1.54, 1.807) is 0 Å². The lowest BCUT2D eigenvalue weighted by molar-refractivity contribution is -0.199. The van der Waals surface area contributed by atoms with Crippen LogP contribution in [0.3, 0.4) is 0 Å². The lowest BCUT2D eigenvalue weighted by Gasteiger charge is -2.43. The molecule has 2 bridgehead atoms. The topological polar surface area (TPSA) is 65.1 Å². The molecule has 6 heteroatoms. The smallest absolute Gasteiger partial charge is 0.238 e. The van der Waals surface area contributed by atoms with Gasteiger partial charge in [-0.15, -0.1) is 0 Å². The van der Waals surface area contributed by atoms with Gasteiger partial charge in [0.05, 0.1) is 29.7 Å². The molecular formula is C28H27NO5. The number of imide groups is 1. The van der Waals surface area contributed by atoms with Gasteiger partial charge in [-0.1, -0.05) is 60.2 Å². The molecule has 1 aliphatic carbocycles. The zero-order valence-corrected chi connectivity index (χ0v) is 19.2. The first-order valence-corrected chi connectivity index (χ1v) is 12.1. The summed E-state index contributed by atoms with van der Waals surface area (Å²) in [6.07, 6.45) is 2.16. The molecule has 0 saturated carbocycles. The van der Waals surface area contributed by atoms with Crippen molar-refractivity contribution in [2.24, 2.45) is 17.8 Å². The monoisotopic (exact) mass is 457 g/mol. The largest absolute Gasteiger partial charge is 0.368 e. The fourth-order valence-electron chi connectivity index (χ4n) is 6.97. The fraction of sp³-hybridized carbons (Fsp3) is 0.429. The molecule has 0 unspecified atom stereocenters. The molecule has 4 aliphatic heterocycles. The molecule has 0 spiro atoms. The number of hydrogen-bond acceptors (Lipinski definition) is 5. The van der Waals surface area contributed by atoms with E-state index in [-0.39, 0.29) is 48.1 Å². The lowest BCUT2D eigenvalue weighted by Crippen LogP contribution is -2.47. The van der Waals surface area contributed by atoms with Crippen LogP contribution in [-0.2, 0) is 23.8 Å². The number of carbonyl (C=O) groups is 2. The third-order valence-corrected chi connectivity index (χ3v) is 8.17. The Hall–Kier alpha value is -2.80.